The first kappa shape index (κ1) is 16.8. The number of aromatic nitrogens is 2. The fraction of sp³-hybridized carbons (Fsp3) is 0.750. The molecule has 0 amide bonds. The van der Waals surface area contributed by atoms with Crippen molar-refractivity contribution in [2.45, 2.75) is 32.7 Å². The second-order valence-electron chi connectivity index (χ2n) is 5.88. The van der Waals surface area contributed by atoms with E-state index in [1.54, 1.807) is 0 Å². The molecule has 124 valence electrons. The van der Waals surface area contributed by atoms with Gasteiger partial charge in [0.15, 0.2) is 5.96 Å². The number of ether oxygens (including phenoxy) is 1. The molecule has 0 saturated carbocycles. The van der Waals surface area contributed by atoms with Gasteiger partial charge in [-0.25, -0.2) is 4.99 Å². The van der Waals surface area contributed by atoms with Crippen LogP contribution in [0.2, 0.25) is 0 Å². The van der Waals surface area contributed by atoms with E-state index < -0.39 is 0 Å². The zero-order valence-electron chi connectivity index (χ0n) is 14.1. The highest BCUT2D eigenvalue weighted by Gasteiger charge is 2.15. The van der Waals surface area contributed by atoms with E-state index in [-0.39, 0.29) is 0 Å². The fourth-order valence-corrected chi connectivity index (χ4v) is 2.70. The quantitative estimate of drug-likeness (QED) is 0.641. The average molecular weight is 307 g/mol. The normalized spacial score (nSPS) is 16.8. The van der Waals surface area contributed by atoms with Crippen molar-refractivity contribution in [1.82, 2.24) is 20.0 Å². The van der Waals surface area contributed by atoms with Crippen LogP contribution in [-0.4, -0.2) is 54.0 Å². The highest BCUT2D eigenvalue weighted by molar-refractivity contribution is 5.79. The largest absolute Gasteiger partial charge is 0.381 e. The summed E-state index contributed by atoms with van der Waals surface area (Å²) in [4.78, 5) is 6.96. The lowest BCUT2D eigenvalue weighted by Crippen LogP contribution is -2.40. The number of aliphatic imine (C=N–C) groups is 1. The number of nitrogens with zero attached hydrogens (tertiary/aromatic N) is 4. The van der Waals surface area contributed by atoms with Crippen LogP contribution < -0.4 is 5.32 Å². The Bertz CT molecular complexity index is 465. The molecule has 1 aliphatic rings. The van der Waals surface area contributed by atoms with Crippen molar-refractivity contribution < 1.29 is 4.74 Å². The topological polar surface area (TPSA) is 54.7 Å². The monoisotopic (exact) mass is 307 g/mol. The van der Waals surface area contributed by atoms with Gasteiger partial charge in [0, 0.05) is 46.6 Å². The van der Waals surface area contributed by atoms with Crippen LogP contribution in [-0.2, 0) is 18.3 Å². The minimum absolute atomic E-state index is 0.653. The van der Waals surface area contributed by atoms with Crippen LogP contribution in [0.15, 0.2) is 17.3 Å². The highest BCUT2D eigenvalue weighted by atomic mass is 16.5. The molecule has 2 heterocycles. The second-order valence-corrected chi connectivity index (χ2v) is 5.88. The van der Waals surface area contributed by atoms with Gasteiger partial charge in [0.2, 0.25) is 0 Å². The molecule has 0 aliphatic carbocycles. The maximum atomic E-state index is 5.43. The lowest BCUT2D eigenvalue weighted by atomic mass is 9.96. The molecule has 1 aromatic heterocycles. The summed E-state index contributed by atoms with van der Waals surface area (Å²) < 4.78 is 7.30. The third-order valence-corrected chi connectivity index (χ3v) is 4.22. The Morgan fingerprint density at radius 1 is 1.50 bits per heavy atom. The third kappa shape index (κ3) is 5.02. The predicted octanol–water partition coefficient (Wildman–Crippen LogP) is 1.63. The van der Waals surface area contributed by atoms with E-state index in [0.29, 0.717) is 6.54 Å². The average Bonchev–Trinajstić information content (AvgIpc) is 2.95. The van der Waals surface area contributed by atoms with Gasteiger partial charge in [-0.2, -0.15) is 5.10 Å². The van der Waals surface area contributed by atoms with Crippen molar-refractivity contribution in [2.24, 2.45) is 18.0 Å². The SMILES string of the molecule is CCNC(=NCc1ccnn1C)N(C)CCC1CCOCC1. The molecule has 2 rings (SSSR count). The van der Waals surface area contributed by atoms with Crippen LogP contribution in [0.4, 0.5) is 0 Å². The molecule has 0 aromatic carbocycles. The third-order valence-electron chi connectivity index (χ3n) is 4.22. The van der Waals surface area contributed by atoms with Crippen molar-refractivity contribution in [1.29, 1.82) is 0 Å². The Morgan fingerprint density at radius 3 is 2.91 bits per heavy atom. The predicted molar refractivity (Wildman–Crippen MR) is 88.8 cm³/mol. The van der Waals surface area contributed by atoms with Crippen molar-refractivity contribution in [3.8, 4) is 0 Å². The summed E-state index contributed by atoms with van der Waals surface area (Å²) in [5.74, 6) is 1.76. The molecule has 22 heavy (non-hydrogen) atoms. The van der Waals surface area contributed by atoms with Crippen molar-refractivity contribution in [3.63, 3.8) is 0 Å². The molecular formula is C16H29N5O. The standard InChI is InChI=1S/C16H29N5O/c1-4-17-16(18-13-15-5-9-19-21(15)3)20(2)10-6-14-7-11-22-12-8-14/h5,9,14H,4,6-8,10-13H2,1-3H3,(H,17,18). The zero-order chi connectivity index (χ0) is 15.8. The molecule has 1 aliphatic heterocycles. The number of nitrogens with one attached hydrogen (secondary N) is 1. The zero-order valence-corrected chi connectivity index (χ0v) is 14.1. The lowest BCUT2D eigenvalue weighted by molar-refractivity contribution is 0.0625. The first-order valence-corrected chi connectivity index (χ1v) is 8.24. The van der Waals surface area contributed by atoms with Crippen molar-refractivity contribution >= 4 is 5.96 Å². The summed E-state index contributed by atoms with van der Waals surface area (Å²) in [5, 5.41) is 7.56. The van der Waals surface area contributed by atoms with Crippen molar-refractivity contribution in [3.05, 3.63) is 18.0 Å². The molecule has 6 heteroatoms. The number of guanidine groups is 1. The number of hydrogen-bond donors (Lipinski definition) is 1. The Balaban J connectivity index is 1.86. The Hall–Kier alpha value is -1.56. The van der Waals surface area contributed by atoms with Crippen LogP contribution in [0.3, 0.4) is 0 Å². The number of aryl methyl sites for hydroxylation is 1. The molecule has 6 nitrogen and oxygen atoms in total. The summed E-state index contributed by atoms with van der Waals surface area (Å²) in [6.07, 6.45) is 5.40. The van der Waals surface area contributed by atoms with E-state index in [1.165, 1.54) is 19.3 Å². The Morgan fingerprint density at radius 2 is 2.27 bits per heavy atom. The van der Waals surface area contributed by atoms with Gasteiger partial charge < -0.3 is 15.0 Å². The molecule has 1 fully saturated rings. The summed E-state index contributed by atoms with van der Waals surface area (Å²) in [6, 6.07) is 2.01. The molecule has 1 N–H and O–H groups in total. The summed E-state index contributed by atoms with van der Waals surface area (Å²) in [7, 11) is 4.07. The Labute approximate surface area is 133 Å². The van der Waals surface area contributed by atoms with Crippen LogP contribution in [0.5, 0.6) is 0 Å². The maximum absolute atomic E-state index is 5.43. The molecule has 1 saturated heterocycles. The molecule has 0 radical (unpaired) electrons. The minimum Gasteiger partial charge on any atom is -0.381 e. The number of rotatable bonds is 6. The van der Waals surface area contributed by atoms with E-state index >= 15 is 0 Å². The molecule has 0 spiro atoms. The van der Waals surface area contributed by atoms with Gasteiger partial charge in [0.1, 0.15) is 0 Å². The van der Waals surface area contributed by atoms with E-state index in [9.17, 15) is 0 Å². The van der Waals surface area contributed by atoms with Gasteiger partial charge >= 0.3 is 0 Å². The van der Waals surface area contributed by atoms with Gasteiger partial charge in [0.05, 0.1) is 12.2 Å². The molecular weight excluding hydrogens is 278 g/mol. The van der Waals surface area contributed by atoms with Gasteiger partial charge in [-0.1, -0.05) is 0 Å². The first-order chi connectivity index (χ1) is 10.7. The molecule has 0 atom stereocenters. The minimum atomic E-state index is 0.653. The fourth-order valence-electron chi connectivity index (χ4n) is 2.70. The van der Waals surface area contributed by atoms with Crippen LogP contribution in [0.1, 0.15) is 31.9 Å². The smallest absolute Gasteiger partial charge is 0.194 e. The summed E-state index contributed by atoms with van der Waals surface area (Å²) in [5.41, 5.74) is 1.12. The van der Waals surface area contributed by atoms with Crippen molar-refractivity contribution in [2.75, 3.05) is 33.4 Å². The van der Waals surface area contributed by atoms with E-state index in [1.807, 2.05) is 24.0 Å². The van der Waals surface area contributed by atoms with Gasteiger partial charge in [-0.3, -0.25) is 4.68 Å². The van der Waals surface area contributed by atoms with Gasteiger partial charge in [-0.05, 0) is 38.2 Å². The van der Waals surface area contributed by atoms with Crippen LogP contribution >= 0.6 is 0 Å². The molecule has 1 aromatic rings. The molecule has 0 unspecified atom stereocenters. The summed E-state index contributed by atoms with van der Waals surface area (Å²) >= 11 is 0. The van der Waals surface area contributed by atoms with Gasteiger partial charge in [-0.15, -0.1) is 0 Å². The molecule has 0 bridgehead atoms. The first-order valence-electron chi connectivity index (χ1n) is 8.24. The Kier molecular flexibility index (Phi) is 6.71. The maximum Gasteiger partial charge on any atom is 0.194 e. The highest BCUT2D eigenvalue weighted by Crippen LogP contribution is 2.18. The number of hydrogen-bond acceptors (Lipinski definition) is 3. The van der Waals surface area contributed by atoms with Crippen LogP contribution in [0, 0.1) is 5.92 Å². The second kappa shape index (κ2) is 8.78. The van der Waals surface area contributed by atoms with E-state index in [0.717, 1.165) is 43.9 Å². The van der Waals surface area contributed by atoms with Gasteiger partial charge in [0.25, 0.3) is 0 Å². The summed E-state index contributed by atoms with van der Waals surface area (Å²) in [6.45, 7) is 6.51. The van der Waals surface area contributed by atoms with E-state index in [4.69, 9.17) is 9.73 Å². The van der Waals surface area contributed by atoms with E-state index in [2.05, 4.69) is 29.3 Å². The van der Waals surface area contributed by atoms with Crippen LogP contribution in [0.25, 0.3) is 0 Å². The lowest BCUT2D eigenvalue weighted by Gasteiger charge is -2.26.